The van der Waals surface area contributed by atoms with Gasteiger partial charge in [-0.1, -0.05) is 61.0 Å². The molecule has 0 atom stereocenters. The molecular formula is C27H25ClF3NO4. The number of carbonyl (C=O) groups excluding carboxylic acids is 1. The van der Waals surface area contributed by atoms with Crippen LogP contribution in [0.5, 0.6) is 0 Å². The zero-order valence-corrected chi connectivity index (χ0v) is 20.3. The van der Waals surface area contributed by atoms with Crippen molar-refractivity contribution in [2.24, 2.45) is 0 Å². The van der Waals surface area contributed by atoms with Gasteiger partial charge < -0.3 is 14.7 Å². The molecular weight excluding hydrogens is 495 g/mol. The molecule has 3 rings (SSSR count). The smallest absolute Gasteiger partial charge is 0.416 e. The van der Waals surface area contributed by atoms with Crippen LogP contribution in [0.15, 0.2) is 66.7 Å². The van der Waals surface area contributed by atoms with Crippen LogP contribution in [0, 0.1) is 0 Å². The molecule has 0 saturated heterocycles. The molecule has 0 unspecified atom stereocenters. The number of amides is 1. The first-order chi connectivity index (χ1) is 17.1. The average molecular weight is 520 g/mol. The minimum absolute atomic E-state index is 0.0262. The Balaban J connectivity index is 1.98. The van der Waals surface area contributed by atoms with Crippen LogP contribution in [0.25, 0.3) is 11.1 Å². The third-order valence-electron chi connectivity index (χ3n) is 5.43. The Hall–Kier alpha value is -3.52. The number of carbonyl (C=O) groups is 2. The fraction of sp³-hybridized carbons (Fsp3) is 0.259. The van der Waals surface area contributed by atoms with E-state index < -0.39 is 23.8 Å². The van der Waals surface area contributed by atoms with Gasteiger partial charge >= 0.3 is 18.2 Å². The largest absolute Gasteiger partial charge is 0.481 e. The molecule has 0 heterocycles. The van der Waals surface area contributed by atoms with E-state index in [0.29, 0.717) is 23.1 Å². The van der Waals surface area contributed by atoms with E-state index in [-0.39, 0.29) is 36.7 Å². The van der Waals surface area contributed by atoms with Crippen LogP contribution in [0.4, 0.5) is 18.0 Å². The number of carboxylic acid groups (broad SMARTS) is 1. The lowest BCUT2D eigenvalue weighted by atomic mass is 9.95. The van der Waals surface area contributed by atoms with E-state index in [0.717, 1.165) is 17.7 Å². The number of ether oxygens (including phenoxy) is 1. The zero-order chi connectivity index (χ0) is 26.3. The summed E-state index contributed by atoms with van der Waals surface area (Å²) < 4.78 is 46.1. The Labute approximate surface area is 212 Å². The van der Waals surface area contributed by atoms with Crippen LogP contribution in [0.3, 0.4) is 0 Å². The normalized spacial score (nSPS) is 11.2. The van der Waals surface area contributed by atoms with Crippen LogP contribution >= 0.6 is 11.6 Å². The minimum atomic E-state index is -4.59. The highest BCUT2D eigenvalue weighted by atomic mass is 35.5. The lowest BCUT2D eigenvalue weighted by Gasteiger charge is -2.24. The summed E-state index contributed by atoms with van der Waals surface area (Å²) in [6.07, 6.45) is -4.96. The van der Waals surface area contributed by atoms with Gasteiger partial charge in [-0.25, -0.2) is 4.79 Å². The predicted octanol–water partition coefficient (Wildman–Crippen LogP) is 7.20. The number of rotatable bonds is 9. The maximum absolute atomic E-state index is 13.5. The van der Waals surface area contributed by atoms with E-state index in [1.54, 1.807) is 24.3 Å². The van der Waals surface area contributed by atoms with E-state index in [1.165, 1.54) is 17.0 Å². The molecule has 0 radical (unpaired) electrons. The molecule has 1 amide bonds. The highest BCUT2D eigenvalue weighted by Gasteiger charge is 2.31. The number of aliphatic carboxylic acids is 1. The first-order valence-electron chi connectivity index (χ1n) is 11.2. The Morgan fingerprint density at radius 2 is 1.69 bits per heavy atom. The SMILES string of the molecule is CCCN(Cc1cc(C(F)(F)F)ccc1-c1cc(CC(=O)O)ccc1Cl)C(=O)OCc1ccccc1. The first kappa shape index (κ1) is 27.1. The van der Waals surface area contributed by atoms with Gasteiger partial charge in [0.05, 0.1) is 12.0 Å². The number of hydrogen-bond donors (Lipinski definition) is 1. The van der Waals surface area contributed by atoms with Gasteiger partial charge in [0.1, 0.15) is 6.61 Å². The number of carboxylic acids is 1. The van der Waals surface area contributed by atoms with Crippen molar-refractivity contribution in [3.8, 4) is 11.1 Å². The molecule has 0 fully saturated rings. The van der Waals surface area contributed by atoms with Crippen molar-refractivity contribution in [2.45, 2.75) is 39.1 Å². The van der Waals surface area contributed by atoms with Gasteiger partial charge in [-0.15, -0.1) is 0 Å². The Bertz CT molecular complexity index is 1220. The number of benzene rings is 3. The summed E-state index contributed by atoms with van der Waals surface area (Å²) >= 11 is 6.37. The molecule has 0 aliphatic heterocycles. The second kappa shape index (κ2) is 11.9. The summed E-state index contributed by atoms with van der Waals surface area (Å²) in [5.74, 6) is -1.05. The lowest BCUT2D eigenvalue weighted by molar-refractivity contribution is -0.138. The molecule has 3 aromatic carbocycles. The van der Waals surface area contributed by atoms with Crippen LogP contribution < -0.4 is 0 Å². The van der Waals surface area contributed by atoms with Crippen LogP contribution in [0.2, 0.25) is 5.02 Å². The second-order valence-corrected chi connectivity index (χ2v) is 8.62. The van der Waals surface area contributed by atoms with Crippen molar-refractivity contribution in [1.29, 1.82) is 0 Å². The summed E-state index contributed by atoms with van der Waals surface area (Å²) in [5.41, 5.74) is 1.33. The van der Waals surface area contributed by atoms with E-state index in [9.17, 15) is 22.8 Å². The van der Waals surface area contributed by atoms with Gasteiger partial charge in [0, 0.05) is 23.7 Å². The summed E-state index contributed by atoms with van der Waals surface area (Å²) in [7, 11) is 0. The fourth-order valence-electron chi connectivity index (χ4n) is 3.75. The monoisotopic (exact) mass is 519 g/mol. The number of halogens is 4. The second-order valence-electron chi connectivity index (χ2n) is 8.22. The molecule has 190 valence electrons. The summed E-state index contributed by atoms with van der Waals surface area (Å²) in [6.45, 7) is 1.98. The number of alkyl halides is 3. The molecule has 1 N–H and O–H groups in total. The average Bonchev–Trinajstić information content (AvgIpc) is 2.83. The standard InChI is InChI=1S/C27H25ClF3NO4/c1-2-12-32(26(35)36-17-18-6-4-3-5-7-18)16-20-15-21(27(29,30)31)9-10-22(20)23-13-19(14-25(33)34)8-11-24(23)28/h3-11,13,15H,2,12,14,16-17H2,1H3,(H,33,34). The van der Waals surface area contributed by atoms with E-state index >= 15 is 0 Å². The molecule has 0 spiro atoms. The van der Waals surface area contributed by atoms with Crippen molar-refractivity contribution in [3.63, 3.8) is 0 Å². The van der Waals surface area contributed by atoms with Crippen LogP contribution in [0.1, 0.15) is 35.6 Å². The minimum Gasteiger partial charge on any atom is -0.481 e. The van der Waals surface area contributed by atoms with Crippen molar-refractivity contribution >= 4 is 23.7 Å². The molecule has 0 saturated carbocycles. The van der Waals surface area contributed by atoms with Crippen LogP contribution in [-0.4, -0.2) is 28.6 Å². The van der Waals surface area contributed by atoms with E-state index in [4.69, 9.17) is 21.4 Å². The van der Waals surface area contributed by atoms with E-state index in [2.05, 4.69) is 0 Å². The third-order valence-corrected chi connectivity index (χ3v) is 5.76. The van der Waals surface area contributed by atoms with Crippen molar-refractivity contribution in [2.75, 3.05) is 6.54 Å². The van der Waals surface area contributed by atoms with Gasteiger partial charge in [-0.2, -0.15) is 13.2 Å². The number of hydrogen-bond acceptors (Lipinski definition) is 3. The Kier molecular flexibility index (Phi) is 8.98. The highest BCUT2D eigenvalue weighted by Crippen LogP contribution is 2.37. The Morgan fingerprint density at radius 3 is 2.33 bits per heavy atom. The van der Waals surface area contributed by atoms with Crippen molar-refractivity contribution < 1.29 is 32.6 Å². The first-order valence-corrected chi connectivity index (χ1v) is 11.6. The summed E-state index contributed by atoms with van der Waals surface area (Å²) in [4.78, 5) is 25.4. The van der Waals surface area contributed by atoms with Crippen LogP contribution in [-0.2, 0) is 35.3 Å². The molecule has 5 nitrogen and oxygen atoms in total. The molecule has 0 bridgehead atoms. The number of nitrogens with zero attached hydrogens (tertiary/aromatic N) is 1. The van der Waals surface area contributed by atoms with Gasteiger partial charge in [0.25, 0.3) is 0 Å². The maximum Gasteiger partial charge on any atom is 0.416 e. The van der Waals surface area contributed by atoms with Crippen molar-refractivity contribution in [1.82, 2.24) is 4.90 Å². The summed E-state index contributed by atoms with van der Waals surface area (Å²) in [5, 5.41) is 9.38. The molecule has 0 aliphatic carbocycles. The highest BCUT2D eigenvalue weighted by molar-refractivity contribution is 6.33. The van der Waals surface area contributed by atoms with Gasteiger partial charge in [-0.05, 0) is 52.9 Å². The Morgan fingerprint density at radius 1 is 0.972 bits per heavy atom. The predicted molar refractivity (Wildman–Crippen MR) is 131 cm³/mol. The maximum atomic E-state index is 13.5. The molecule has 3 aromatic rings. The molecule has 9 heteroatoms. The molecule has 0 aliphatic rings. The quantitative estimate of drug-likeness (QED) is 0.324. The molecule has 0 aromatic heterocycles. The fourth-order valence-corrected chi connectivity index (χ4v) is 3.97. The lowest BCUT2D eigenvalue weighted by Crippen LogP contribution is -2.32. The third kappa shape index (κ3) is 7.24. The van der Waals surface area contributed by atoms with Gasteiger partial charge in [0.2, 0.25) is 0 Å². The van der Waals surface area contributed by atoms with Gasteiger partial charge in [-0.3, -0.25) is 4.79 Å². The summed E-state index contributed by atoms with van der Waals surface area (Å²) in [6, 6.07) is 16.9. The van der Waals surface area contributed by atoms with Crippen molar-refractivity contribution in [3.05, 3.63) is 94.0 Å². The molecule has 36 heavy (non-hydrogen) atoms. The van der Waals surface area contributed by atoms with E-state index in [1.807, 2.05) is 25.1 Å². The van der Waals surface area contributed by atoms with Gasteiger partial charge in [0.15, 0.2) is 0 Å². The topological polar surface area (TPSA) is 66.8 Å². The zero-order valence-electron chi connectivity index (χ0n) is 19.5.